The topological polar surface area (TPSA) is 44.0 Å². The van der Waals surface area contributed by atoms with E-state index in [9.17, 15) is 0 Å². The van der Waals surface area contributed by atoms with Gasteiger partial charge in [0.1, 0.15) is 0 Å². The summed E-state index contributed by atoms with van der Waals surface area (Å²) in [4.78, 5) is 0. The van der Waals surface area contributed by atoms with E-state index in [1.807, 2.05) is 6.07 Å². The quantitative estimate of drug-likeness (QED) is 0.312. The first-order valence-corrected chi connectivity index (χ1v) is 2.63. The predicted octanol–water partition coefficient (Wildman–Crippen LogP) is 0.713. The van der Waals surface area contributed by atoms with Crippen LogP contribution in [0.1, 0.15) is 12.8 Å². The Kier molecular flexibility index (Phi) is 3.46. The zero-order valence-corrected chi connectivity index (χ0v) is 4.46. The van der Waals surface area contributed by atoms with Crippen LogP contribution in [0, 0.1) is 17.2 Å². The maximum absolute atomic E-state index is 8.35. The molecule has 0 aromatic heterocycles. The van der Waals surface area contributed by atoms with Gasteiger partial charge in [-0.05, 0) is 18.8 Å². The molecule has 0 amide bonds. The molecule has 44 valence electrons. The Morgan fingerprint density at radius 3 is 2.33 bits per heavy atom. The van der Waals surface area contributed by atoms with E-state index in [4.69, 9.17) is 10.4 Å². The average Bonchev–Trinajstić information content (AvgIpc) is 2.53. The Morgan fingerprint density at radius 2 is 2.22 bits per heavy atom. The number of allylic oxidation sites excluding steroid dienone is 1. The maximum atomic E-state index is 8.35. The van der Waals surface area contributed by atoms with Crippen LogP contribution in [0.25, 0.3) is 0 Å². The number of hydrogen-bond acceptors (Lipinski definition) is 2. The Balaban J connectivity index is 0.000000640. The summed E-state index contributed by atoms with van der Waals surface area (Å²) >= 11 is 0. The minimum atomic E-state index is 0. The van der Waals surface area contributed by atoms with Gasteiger partial charge in [0, 0.05) is 0 Å². The summed E-state index contributed by atoms with van der Waals surface area (Å²) in [6.07, 6.45) is 3.05. The summed E-state index contributed by atoms with van der Waals surface area (Å²) < 4.78 is 0. The van der Waals surface area contributed by atoms with E-state index in [1.54, 1.807) is 0 Å². The van der Waals surface area contributed by atoms with Crippen molar-refractivity contribution in [2.24, 2.45) is 5.92 Å². The van der Waals surface area contributed by atoms with Gasteiger partial charge in [-0.3, -0.25) is 0 Å². The monoisotopic (exact) mass is 117 g/mol. The van der Waals surface area contributed by atoms with Gasteiger partial charge < -0.3 is 5.11 Å². The van der Waals surface area contributed by atoms with Crippen molar-refractivity contribution in [2.45, 2.75) is 12.8 Å². The second kappa shape index (κ2) is 3.61. The van der Waals surface area contributed by atoms with Crippen LogP contribution in [-0.4, -0.2) is 24.0 Å². The average molecular weight is 117 g/mol. The molecule has 0 aromatic rings. The third-order valence-corrected chi connectivity index (χ3v) is 1.29. The van der Waals surface area contributed by atoms with E-state index in [2.05, 4.69) is 0 Å². The molecule has 0 aromatic carbocycles. The predicted molar refractivity (Wildman–Crippen MR) is 36.2 cm³/mol. The molecule has 0 saturated heterocycles. The van der Waals surface area contributed by atoms with Crippen molar-refractivity contribution in [1.82, 2.24) is 0 Å². The van der Waals surface area contributed by atoms with Crippen LogP contribution in [0.3, 0.4) is 0 Å². The number of nitriles is 1. The van der Waals surface area contributed by atoms with Crippen LogP contribution < -0.4 is 0 Å². The van der Waals surface area contributed by atoms with Crippen molar-refractivity contribution in [3.05, 3.63) is 11.8 Å². The van der Waals surface area contributed by atoms with E-state index in [1.165, 1.54) is 0 Å². The Morgan fingerprint density at radius 1 is 1.67 bits per heavy atom. The summed E-state index contributed by atoms with van der Waals surface area (Å²) in [6.45, 7) is 0. The molecule has 2 nitrogen and oxygen atoms in total. The molecular weight excluding hydrogens is 109 g/mol. The van der Waals surface area contributed by atoms with Crippen LogP contribution in [0.4, 0.5) is 0 Å². The molecule has 3 heteroatoms. The minimum absolute atomic E-state index is 0. The Bertz CT molecular complexity index is 155. The third-order valence-electron chi connectivity index (χ3n) is 1.29. The summed E-state index contributed by atoms with van der Waals surface area (Å²) in [6, 6.07) is 1.92. The molecule has 0 unspecified atom stereocenters. The van der Waals surface area contributed by atoms with E-state index in [0.29, 0.717) is 11.5 Å². The molecule has 0 aliphatic heterocycles. The summed E-state index contributed by atoms with van der Waals surface area (Å²) in [5, 5.41) is 16.6. The molecule has 0 spiro atoms. The standard InChI is InChI=1S/C6H7NO.Li.H/c7-3-6(4-8)5-1-2-5;;/h4-5,8H,1-2H2;;. The summed E-state index contributed by atoms with van der Waals surface area (Å²) in [5.74, 6) is 0.380. The zero-order chi connectivity index (χ0) is 5.98. The summed E-state index contributed by atoms with van der Waals surface area (Å²) in [7, 11) is 0. The van der Waals surface area contributed by atoms with Crippen LogP contribution in [0.2, 0.25) is 0 Å². The molecule has 1 saturated carbocycles. The molecule has 1 aliphatic rings. The van der Waals surface area contributed by atoms with Crippen LogP contribution >= 0.6 is 0 Å². The van der Waals surface area contributed by atoms with Crippen LogP contribution in [-0.2, 0) is 0 Å². The van der Waals surface area contributed by atoms with Crippen molar-refractivity contribution >= 4 is 18.9 Å². The third kappa shape index (κ3) is 2.14. The first kappa shape index (κ1) is 8.63. The Hall–Kier alpha value is -0.373. The Labute approximate surface area is 66.4 Å². The van der Waals surface area contributed by atoms with Gasteiger partial charge in [0.2, 0.25) is 0 Å². The van der Waals surface area contributed by atoms with Crippen LogP contribution in [0.15, 0.2) is 11.8 Å². The molecule has 0 atom stereocenters. The molecule has 0 radical (unpaired) electrons. The normalized spacial score (nSPS) is 17.9. The van der Waals surface area contributed by atoms with Gasteiger partial charge >= 0.3 is 18.9 Å². The first-order chi connectivity index (χ1) is 3.88. The van der Waals surface area contributed by atoms with Crippen molar-refractivity contribution in [3.63, 3.8) is 0 Å². The van der Waals surface area contributed by atoms with E-state index < -0.39 is 0 Å². The fraction of sp³-hybridized carbons (Fsp3) is 0.500. The number of aliphatic hydroxyl groups is 1. The molecule has 1 rings (SSSR count). The van der Waals surface area contributed by atoms with Gasteiger partial charge in [-0.15, -0.1) is 0 Å². The molecule has 1 aliphatic carbocycles. The summed E-state index contributed by atoms with van der Waals surface area (Å²) in [5.41, 5.74) is 0.532. The van der Waals surface area contributed by atoms with Crippen molar-refractivity contribution in [2.75, 3.05) is 0 Å². The molecule has 0 bridgehead atoms. The second-order valence-electron chi connectivity index (χ2n) is 1.97. The molecule has 0 heterocycles. The van der Waals surface area contributed by atoms with Crippen LogP contribution in [0.5, 0.6) is 0 Å². The molecule has 1 N–H and O–H groups in total. The van der Waals surface area contributed by atoms with E-state index in [0.717, 1.165) is 19.1 Å². The van der Waals surface area contributed by atoms with Gasteiger partial charge in [0.05, 0.1) is 17.9 Å². The zero-order valence-electron chi connectivity index (χ0n) is 4.46. The van der Waals surface area contributed by atoms with Gasteiger partial charge in [-0.2, -0.15) is 5.26 Å². The first-order valence-electron chi connectivity index (χ1n) is 2.63. The molecule has 9 heavy (non-hydrogen) atoms. The van der Waals surface area contributed by atoms with Crippen molar-refractivity contribution in [3.8, 4) is 6.07 Å². The van der Waals surface area contributed by atoms with Gasteiger partial charge in [0.25, 0.3) is 0 Å². The fourth-order valence-electron chi connectivity index (χ4n) is 0.620. The van der Waals surface area contributed by atoms with Gasteiger partial charge in [-0.25, -0.2) is 0 Å². The van der Waals surface area contributed by atoms with E-state index >= 15 is 0 Å². The van der Waals surface area contributed by atoms with E-state index in [-0.39, 0.29) is 18.9 Å². The number of aliphatic hydroxyl groups excluding tert-OH is 1. The molecule has 1 fully saturated rings. The molecular formula is C6H8LiNO. The fourth-order valence-corrected chi connectivity index (χ4v) is 0.620. The number of hydrogen-bond donors (Lipinski definition) is 1. The van der Waals surface area contributed by atoms with Gasteiger partial charge in [0.15, 0.2) is 0 Å². The second-order valence-corrected chi connectivity index (χ2v) is 1.97. The SMILES string of the molecule is N#CC(=CO)C1CC1.[LiH]. The number of nitrogens with zero attached hydrogens (tertiary/aromatic N) is 1. The number of rotatable bonds is 1. The van der Waals surface area contributed by atoms with Crippen molar-refractivity contribution < 1.29 is 5.11 Å². The van der Waals surface area contributed by atoms with Gasteiger partial charge in [-0.1, -0.05) is 0 Å². The van der Waals surface area contributed by atoms with Crippen molar-refractivity contribution in [1.29, 1.82) is 5.26 Å².